The summed E-state index contributed by atoms with van der Waals surface area (Å²) in [6.45, 7) is 3.55. The Hall–Kier alpha value is -1.60. The number of fused-ring (bicyclic) bond motifs is 2. The standard InChI is InChI=1S/C26H32INO3/c27-26(14-4-8-21-6-1-2-9-23(21)26)15-19-31-24-10-3-7-20-12-17-28(18-13-22(20)24)16-5-11-25(29)30/h1-3,6-7,9-10H,4-5,8,11-19H2,(H,29,30). The molecule has 166 valence electrons. The minimum Gasteiger partial charge on any atom is -0.493 e. The van der Waals surface area contributed by atoms with Crippen molar-refractivity contribution >= 4 is 28.6 Å². The van der Waals surface area contributed by atoms with Gasteiger partial charge in [-0.1, -0.05) is 59.0 Å². The number of halogens is 1. The van der Waals surface area contributed by atoms with Crippen LogP contribution in [0, 0.1) is 0 Å². The molecule has 5 heteroatoms. The van der Waals surface area contributed by atoms with E-state index in [1.807, 2.05) is 0 Å². The Morgan fingerprint density at radius 1 is 1.06 bits per heavy atom. The van der Waals surface area contributed by atoms with Gasteiger partial charge in [0.25, 0.3) is 0 Å². The van der Waals surface area contributed by atoms with E-state index in [4.69, 9.17) is 9.84 Å². The van der Waals surface area contributed by atoms with Gasteiger partial charge in [-0.05, 0) is 73.4 Å². The van der Waals surface area contributed by atoms with Gasteiger partial charge in [0.15, 0.2) is 0 Å². The number of carboxylic acid groups (broad SMARTS) is 1. The first-order chi connectivity index (χ1) is 15.0. The highest BCUT2D eigenvalue weighted by atomic mass is 127. The molecule has 2 aromatic carbocycles. The zero-order valence-electron chi connectivity index (χ0n) is 18.1. The summed E-state index contributed by atoms with van der Waals surface area (Å²) in [5, 5.41) is 8.89. The van der Waals surface area contributed by atoms with E-state index < -0.39 is 5.97 Å². The van der Waals surface area contributed by atoms with Crippen molar-refractivity contribution < 1.29 is 14.6 Å². The van der Waals surface area contributed by atoms with Crippen molar-refractivity contribution in [1.29, 1.82) is 0 Å². The highest BCUT2D eigenvalue weighted by Crippen LogP contribution is 2.45. The van der Waals surface area contributed by atoms with Crippen LogP contribution in [0.25, 0.3) is 0 Å². The van der Waals surface area contributed by atoms with Crippen LogP contribution in [0.3, 0.4) is 0 Å². The Morgan fingerprint density at radius 2 is 1.87 bits per heavy atom. The van der Waals surface area contributed by atoms with Gasteiger partial charge in [-0.15, -0.1) is 0 Å². The summed E-state index contributed by atoms with van der Waals surface area (Å²) in [5.41, 5.74) is 5.72. The third-order valence-electron chi connectivity index (χ3n) is 6.75. The average molecular weight is 533 g/mol. The number of hydrogen-bond acceptors (Lipinski definition) is 3. The van der Waals surface area contributed by atoms with Crippen LogP contribution in [-0.2, 0) is 27.5 Å². The normalized spacial score (nSPS) is 21.1. The van der Waals surface area contributed by atoms with Gasteiger partial charge in [0.1, 0.15) is 5.75 Å². The van der Waals surface area contributed by atoms with Crippen LogP contribution in [-0.4, -0.2) is 42.2 Å². The summed E-state index contributed by atoms with van der Waals surface area (Å²) in [6.07, 6.45) is 7.62. The van der Waals surface area contributed by atoms with Crippen LogP contribution in [0.1, 0.15) is 54.4 Å². The number of carboxylic acids is 1. The molecule has 4 rings (SSSR count). The lowest BCUT2D eigenvalue weighted by Gasteiger charge is -2.34. The van der Waals surface area contributed by atoms with Crippen molar-refractivity contribution in [3.8, 4) is 5.75 Å². The molecule has 0 amide bonds. The number of aliphatic carboxylic acids is 1. The molecule has 1 aliphatic heterocycles. The van der Waals surface area contributed by atoms with Gasteiger partial charge in [-0.25, -0.2) is 0 Å². The molecule has 1 aliphatic carbocycles. The zero-order chi connectivity index (χ0) is 21.7. The smallest absolute Gasteiger partial charge is 0.303 e. The van der Waals surface area contributed by atoms with E-state index in [0.717, 1.165) is 51.3 Å². The third kappa shape index (κ3) is 5.61. The van der Waals surface area contributed by atoms with Gasteiger partial charge >= 0.3 is 5.97 Å². The SMILES string of the molecule is O=C(O)CCCN1CCc2cccc(OCCC3(I)CCCc4ccccc43)c2CC1. The van der Waals surface area contributed by atoms with Crippen LogP contribution in [0.2, 0.25) is 0 Å². The van der Waals surface area contributed by atoms with Gasteiger partial charge in [-0.2, -0.15) is 0 Å². The molecule has 31 heavy (non-hydrogen) atoms. The predicted octanol–water partition coefficient (Wildman–Crippen LogP) is 5.39. The molecule has 0 saturated heterocycles. The summed E-state index contributed by atoms with van der Waals surface area (Å²) in [5.74, 6) is 0.330. The van der Waals surface area contributed by atoms with E-state index >= 15 is 0 Å². The lowest BCUT2D eigenvalue weighted by atomic mass is 9.81. The second-order valence-electron chi connectivity index (χ2n) is 8.81. The number of ether oxygens (including phenoxy) is 1. The molecule has 1 N–H and O–H groups in total. The topological polar surface area (TPSA) is 49.8 Å². The molecule has 1 heterocycles. The molecular formula is C26H32INO3. The maximum atomic E-state index is 10.8. The van der Waals surface area contributed by atoms with Gasteiger partial charge < -0.3 is 14.7 Å². The Bertz CT molecular complexity index is 915. The summed E-state index contributed by atoms with van der Waals surface area (Å²) >= 11 is 2.67. The van der Waals surface area contributed by atoms with Crippen LogP contribution in [0.5, 0.6) is 5.75 Å². The fourth-order valence-electron chi connectivity index (χ4n) is 5.05. The molecule has 2 aliphatic rings. The molecule has 2 aromatic rings. The van der Waals surface area contributed by atoms with Crippen molar-refractivity contribution in [2.45, 2.75) is 54.8 Å². The molecule has 1 unspecified atom stereocenters. The van der Waals surface area contributed by atoms with Crippen LogP contribution < -0.4 is 4.74 Å². The first-order valence-corrected chi connectivity index (χ1v) is 12.6. The van der Waals surface area contributed by atoms with E-state index in [9.17, 15) is 4.79 Å². The highest BCUT2D eigenvalue weighted by molar-refractivity contribution is 14.1. The van der Waals surface area contributed by atoms with Gasteiger partial charge in [0.05, 0.1) is 10.0 Å². The van der Waals surface area contributed by atoms with E-state index in [-0.39, 0.29) is 9.84 Å². The molecule has 0 fully saturated rings. The minimum atomic E-state index is -0.706. The van der Waals surface area contributed by atoms with E-state index in [1.54, 1.807) is 0 Å². The fourth-order valence-corrected chi connectivity index (χ4v) is 6.18. The molecule has 0 spiro atoms. The van der Waals surface area contributed by atoms with Crippen molar-refractivity contribution in [2.75, 3.05) is 26.2 Å². The second kappa shape index (κ2) is 10.3. The first-order valence-electron chi connectivity index (χ1n) is 11.5. The molecule has 0 bridgehead atoms. The fraction of sp³-hybridized carbons (Fsp3) is 0.500. The average Bonchev–Trinajstić information content (AvgIpc) is 2.97. The van der Waals surface area contributed by atoms with Crippen molar-refractivity contribution in [3.05, 3.63) is 64.7 Å². The quantitative estimate of drug-likeness (QED) is 0.366. The summed E-state index contributed by atoms with van der Waals surface area (Å²) in [4.78, 5) is 13.2. The number of carbonyl (C=O) groups is 1. The number of alkyl halides is 1. The van der Waals surface area contributed by atoms with Crippen molar-refractivity contribution in [3.63, 3.8) is 0 Å². The van der Waals surface area contributed by atoms with Gasteiger partial charge in [-0.3, -0.25) is 4.79 Å². The van der Waals surface area contributed by atoms with Gasteiger partial charge in [0, 0.05) is 25.9 Å². The molecule has 0 saturated carbocycles. The highest BCUT2D eigenvalue weighted by Gasteiger charge is 2.33. The second-order valence-corrected chi connectivity index (χ2v) is 10.9. The predicted molar refractivity (Wildman–Crippen MR) is 132 cm³/mol. The van der Waals surface area contributed by atoms with Crippen LogP contribution >= 0.6 is 22.6 Å². The molecule has 4 nitrogen and oxygen atoms in total. The van der Waals surface area contributed by atoms with Gasteiger partial charge in [0.2, 0.25) is 0 Å². The van der Waals surface area contributed by atoms with Crippen LogP contribution in [0.4, 0.5) is 0 Å². The number of nitrogens with zero attached hydrogens (tertiary/aromatic N) is 1. The maximum Gasteiger partial charge on any atom is 0.303 e. The minimum absolute atomic E-state index is 0.166. The Kier molecular flexibility index (Phi) is 7.54. The molecular weight excluding hydrogens is 501 g/mol. The van der Waals surface area contributed by atoms with Crippen molar-refractivity contribution in [2.24, 2.45) is 0 Å². The Morgan fingerprint density at radius 3 is 2.74 bits per heavy atom. The summed E-state index contributed by atoms with van der Waals surface area (Å²) in [6, 6.07) is 15.4. The lowest BCUT2D eigenvalue weighted by molar-refractivity contribution is -0.137. The largest absolute Gasteiger partial charge is 0.493 e. The van der Waals surface area contributed by atoms with Crippen molar-refractivity contribution in [1.82, 2.24) is 4.90 Å². The number of benzene rings is 2. The Balaban J connectivity index is 1.37. The summed E-state index contributed by atoms with van der Waals surface area (Å²) < 4.78 is 6.56. The zero-order valence-corrected chi connectivity index (χ0v) is 20.3. The summed E-state index contributed by atoms with van der Waals surface area (Å²) in [7, 11) is 0. The monoisotopic (exact) mass is 533 g/mol. The first kappa shape index (κ1) is 22.6. The number of aryl methyl sites for hydroxylation is 1. The Labute approximate surface area is 199 Å². The van der Waals surface area contributed by atoms with E-state index in [1.165, 1.54) is 41.5 Å². The molecule has 0 radical (unpaired) electrons. The van der Waals surface area contributed by atoms with E-state index in [0.29, 0.717) is 6.42 Å². The van der Waals surface area contributed by atoms with Crippen LogP contribution in [0.15, 0.2) is 42.5 Å². The number of hydrogen-bond donors (Lipinski definition) is 1. The molecule has 0 aromatic heterocycles. The molecule has 1 atom stereocenters. The van der Waals surface area contributed by atoms with E-state index in [2.05, 4.69) is 70.0 Å². The maximum absolute atomic E-state index is 10.8. The lowest BCUT2D eigenvalue weighted by Crippen LogP contribution is -2.28. The number of rotatable bonds is 8. The third-order valence-corrected chi connectivity index (χ3v) is 8.41.